The van der Waals surface area contributed by atoms with Crippen LogP contribution in [-0.4, -0.2) is 21.5 Å². The summed E-state index contributed by atoms with van der Waals surface area (Å²) in [6.45, 7) is 5.66. The van der Waals surface area contributed by atoms with Crippen LogP contribution in [0.4, 0.5) is 4.39 Å². The lowest BCUT2D eigenvalue weighted by Crippen LogP contribution is -2.26. The van der Waals surface area contributed by atoms with Crippen molar-refractivity contribution in [2.45, 2.75) is 39.3 Å². The van der Waals surface area contributed by atoms with Crippen LogP contribution in [0.5, 0.6) is 0 Å². The topological polar surface area (TPSA) is 42.7 Å². The molecule has 0 spiro atoms. The Hall–Kier alpha value is -1.46. The van der Waals surface area contributed by atoms with E-state index in [1.165, 1.54) is 6.07 Å². The minimum Gasteiger partial charge on any atom is -0.305 e. The Morgan fingerprint density at radius 1 is 1.33 bits per heavy atom. The third kappa shape index (κ3) is 3.80. The summed E-state index contributed by atoms with van der Waals surface area (Å²) in [6, 6.07) is 4.31. The van der Waals surface area contributed by atoms with Crippen LogP contribution in [0.25, 0.3) is 0 Å². The molecule has 0 radical (unpaired) electrons. The van der Waals surface area contributed by atoms with Crippen LogP contribution in [0.15, 0.2) is 24.4 Å². The van der Waals surface area contributed by atoms with Crippen molar-refractivity contribution < 1.29 is 4.39 Å². The van der Waals surface area contributed by atoms with Gasteiger partial charge < -0.3 is 5.32 Å². The van der Waals surface area contributed by atoms with Gasteiger partial charge in [-0.05, 0) is 37.6 Å². The van der Waals surface area contributed by atoms with Crippen LogP contribution in [0.1, 0.15) is 44.0 Å². The molecule has 1 aromatic heterocycles. The second kappa shape index (κ2) is 7.52. The van der Waals surface area contributed by atoms with Gasteiger partial charge in [-0.3, -0.25) is 0 Å². The Morgan fingerprint density at radius 2 is 2.14 bits per heavy atom. The zero-order valence-corrected chi connectivity index (χ0v) is 13.1. The van der Waals surface area contributed by atoms with E-state index in [0.717, 1.165) is 31.6 Å². The normalized spacial score (nSPS) is 12.6. The van der Waals surface area contributed by atoms with E-state index in [0.29, 0.717) is 10.6 Å². The maximum atomic E-state index is 14.2. The molecule has 1 N–H and O–H groups in total. The molecule has 0 bridgehead atoms. The third-order valence-corrected chi connectivity index (χ3v) is 3.48. The van der Waals surface area contributed by atoms with Gasteiger partial charge in [-0.25, -0.2) is 9.07 Å². The first kappa shape index (κ1) is 15.9. The molecule has 6 heteroatoms. The molecule has 0 fully saturated rings. The first-order valence-corrected chi connectivity index (χ1v) is 7.61. The molecular weight excluding hydrogens is 291 g/mol. The minimum absolute atomic E-state index is 0.280. The summed E-state index contributed by atoms with van der Waals surface area (Å²) in [5, 5.41) is 11.9. The number of benzene rings is 1. The van der Waals surface area contributed by atoms with E-state index < -0.39 is 0 Å². The summed E-state index contributed by atoms with van der Waals surface area (Å²) in [5.74, 6) is -0.280. The lowest BCUT2D eigenvalue weighted by atomic mass is 10.0. The molecule has 0 aliphatic rings. The number of hydrogen-bond donors (Lipinski definition) is 1. The molecule has 2 rings (SSSR count). The minimum atomic E-state index is -0.301. The highest BCUT2D eigenvalue weighted by molar-refractivity contribution is 6.30. The fourth-order valence-corrected chi connectivity index (χ4v) is 2.45. The summed E-state index contributed by atoms with van der Waals surface area (Å²) in [6.07, 6.45) is 3.58. The van der Waals surface area contributed by atoms with Crippen LogP contribution < -0.4 is 5.32 Å². The van der Waals surface area contributed by atoms with Gasteiger partial charge in [0, 0.05) is 17.1 Å². The van der Waals surface area contributed by atoms with Crippen LogP contribution in [0.3, 0.4) is 0 Å². The van der Waals surface area contributed by atoms with Gasteiger partial charge in [0.15, 0.2) is 0 Å². The van der Waals surface area contributed by atoms with Gasteiger partial charge in [0.1, 0.15) is 5.82 Å². The van der Waals surface area contributed by atoms with E-state index in [4.69, 9.17) is 11.6 Å². The maximum absolute atomic E-state index is 14.2. The number of halogens is 2. The number of aryl methyl sites for hydroxylation is 1. The number of hydrogen-bond acceptors (Lipinski definition) is 3. The van der Waals surface area contributed by atoms with Gasteiger partial charge in [0.05, 0.1) is 17.9 Å². The summed E-state index contributed by atoms with van der Waals surface area (Å²) < 4.78 is 16.0. The molecule has 114 valence electrons. The molecule has 0 saturated heterocycles. The number of aromatic nitrogens is 3. The molecule has 0 aliphatic carbocycles. The van der Waals surface area contributed by atoms with Gasteiger partial charge in [0.25, 0.3) is 0 Å². The Balaban J connectivity index is 2.42. The highest BCUT2D eigenvalue weighted by atomic mass is 35.5. The first-order valence-electron chi connectivity index (χ1n) is 7.24. The Kier molecular flexibility index (Phi) is 5.70. The van der Waals surface area contributed by atoms with E-state index in [2.05, 4.69) is 29.5 Å². The number of nitrogens with one attached hydrogen (secondary N) is 1. The first-order chi connectivity index (χ1) is 10.2. The Bertz CT molecular complexity index is 585. The predicted octanol–water partition coefficient (Wildman–Crippen LogP) is 3.57. The van der Waals surface area contributed by atoms with Crippen molar-refractivity contribution in [3.05, 3.63) is 46.5 Å². The Labute approximate surface area is 129 Å². The van der Waals surface area contributed by atoms with E-state index >= 15 is 0 Å². The maximum Gasteiger partial charge on any atom is 0.128 e. The van der Waals surface area contributed by atoms with Crippen molar-refractivity contribution in [1.29, 1.82) is 0 Å². The average molecular weight is 311 g/mol. The van der Waals surface area contributed by atoms with Crippen molar-refractivity contribution in [2.75, 3.05) is 6.54 Å². The lowest BCUT2D eigenvalue weighted by molar-refractivity contribution is 0.489. The highest BCUT2D eigenvalue weighted by Crippen LogP contribution is 2.26. The molecule has 2 aromatic rings. The highest BCUT2D eigenvalue weighted by Gasteiger charge is 2.21. The predicted molar refractivity (Wildman–Crippen MR) is 81.9 cm³/mol. The van der Waals surface area contributed by atoms with E-state index in [1.807, 2.05) is 4.68 Å². The SMILES string of the molecule is CCCNC(c1cc(Cl)ccc1F)c1cnnn1CCC. The second-order valence-electron chi connectivity index (χ2n) is 4.93. The average Bonchev–Trinajstić information content (AvgIpc) is 2.92. The fraction of sp³-hybridized carbons (Fsp3) is 0.467. The van der Waals surface area contributed by atoms with Gasteiger partial charge in [-0.15, -0.1) is 5.10 Å². The fourth-order valence-electron chi connectivity index (χ4n) is 2.27. The second-order valence-corrected chi connectivity index (χ2v) is 5.37. The summed E-state index contributed by atoms with van der Waals surface area (Å²) >= 11 is 6.02. The zero-order valence-electron chi connectivity index (χ0n) is 12.3. The van der Waals surface area contributed by atoms with Gasteiger partial charge >= 0.3 is 0 Å². The van der Waals surface area contributed by atoms with Crippen LogP contribution >= 0.6 is 11.6 Å². The van der Waals surface area contributed by atoms with Crippen LogP contribution in [0.2, 0.25) is 5.02 Å². The molecule has 1 aromatic carbocycles. The van der Waals surface area contributed by atoms with Gasteiger partial charge in [0.2, 0.25) is 0 Å². The van der Waals surface area contributed by atoms with Crippen molar-refractivity contribution in [3.8, 4) is 0 Å². The summed E-state index contributed by atoms with van der Waals surface area (Å²) in [5.41, 5.74) is 1.38. The lowest BCUT2D eigenvalue weighted by Gasteiger charge is -2.20. The smallest absolute Gasteiger partial charge is 0.128 e. The summed E-state index contributed by atoms with van der Waals surface area (Å²) in [7, 11) is 0. The van der Waals surface area contributed by atoms with Crippen molar-refractivity contribution in [1.82, 2.24) is 20.3 Å². The molecule has 1 heterocycles. The van der Waals surface area contributed by atoms with Crippen molar-refractivity contribution >= 4 is 11.6 Å². The third-order valence-electron chi connectivity index (χ3n) is 3.25. The molecule has 1 atom stereocenters. The monoisotopic (exact) mass is 310 g/mol. The van der Waals surface area contributed by atoms with Gasteiger partial charge in [-0.2, -0.15) is 0 Å². The molecule has 4 nitrogen and oxygen atoms in total. The van der Waals surface area contributed by atoms with E-state index in [-0.39, 0.29) is 11.9 Å². The van der Waals surface area contributed by atoms with Crippen LogP contribution in [-0.2, 0) is 6.54 Å². The number of nitrogens with zero attached hydrogens (tertiary/aromatic N) is 3. The standard InChI is InChI=1S/C15H20ClFN4/c1-3-7-18-15(12-9-11(16)5-6-13(12)17)14-10-19-20-21(14)8-4-2/h5-6,9-10,15,18H,3-4,7-8H2,1-2H3. The molecule has 0 aliphatic heterocycles. The zero-order chi connectivity index (χ0) is 15.2. The van der Waals surface area contributed by atoms with E-state index in [9.17, 15) is 4.39 Å². The van der Waals surface area contributed by atoms with Crippen molar-refractivity contribution in [3.63, 3.8) is 0 Å². The molecule has 0 amide bonds. The molecule has 1 unspecified atom stereocenters. The Morgan fingerprint density at radius 3 is 2.86 bits per heavy atom. The molecular formula is C15H20ClFN4. The molecule has 0 saturated carbocycles. The van der Waals surface area contributed by atoms with E-state index in [1.54, 1.807) is 18.3 Å². The quantitative estimate of drug-likeness (QED) is 0.850. The largest absolute Gasteiger partial charge is 0.305 e. The molecule has 21 heavy (non-hydrogen) atoms. The summed E-state index contributed by atoms with van der Waals surface area (Å²) in [4.78, 5) is 0. The van der Waals surface area contributed by atoms with Crippen LogP contribution in [0, 0.1) is 5.82 Å². The van der Waals surface area contributed by atoms with Gasteiger partial charge in [-0.1, -0.05) is 30.7 Å². The van der Waals surface area contributed by atoms with Crippen molar-refractivity contribution in [2.24, 2.45) is 0 Å². The number of rotatable bonds is 7.